The van der Waals surface area contributed by atoms with E-state index in [1.54, 1.807) is 12.3 Å². The largest absolute Gasteiger partial charge is 0.384 e. The SMILES string of the molecule is CCCNC(=O)c1ccc(NCCCN(C)C)cn1. The topological polar surface area (TPSA) is 57.3 Å². The normalized spacial score (nSPS) is 10.5. The molecule has 19 heavy (non-hydrogen) atoms. The minimum atomic E-state index is -0.110. The van der Waals surface area contributed by atoms with Crippen molar-refractivity contribution in [2.24, 2.45) is 0 Å². The van der Waals surface area contributed by atoms with E-state index >= 15 is 0 Å². The molecule has 0 fully saturated rings. The summed E-state index contributed by atoms with van der Waals surface area (Å²) in [6.07, 6.45) is 3.71. The summed E-state index contributed by atoms with van der Waals surface area (Å²) in [7, 11) is 4.12. The lowest BCUT2D eigenvalue weighted by Crippen LogP contribution is -2.24. The van der Waals surface area contributed by atoms with E-state index in [-0.39, 0.29) is 5.91 Å². The average molecular weight is 264 g/mol. The van der Waals surface area contributed by atoms with Gasteiger partial charge in [0.1, 0.15) is 5.69 Å². The summed E-state index contributed by atoms with van der Waals surface area (Å²) in [6, 6.07) is 3.64. The second-order valence-electron chi connectivity index (χ2n) is 4.77. The quantitative estimate of drug-likeness (QED) is 0.700. The fourth-order valence-corrected chi connectivity index (χ4v) is 1.59. The Hall–Kier alpha value is -1.62. The van der Waals surface area contributed by atoms with E-state index in [9.17, 15) is 4.79 Å². The number of hydrogen-bond donors (Lipinski definition) is 2. The first kappa shape index (κ1) is 15.4. The van der Waals surface area contributed by atoms with E-state index < -0.39 is 0 Å². The molecule has 0 spiro atoms. The van der Waals surface area contributed by atoms with Crippen molar-refractivity contribution in [3.05, 3.63) is 24.0 Å². The van der Waals surface area contributed by atoms with Gasteiger partial charge in [-0.2, -0.15) is 0 Å². The lowest BCUT2D eigenvalue weighted by atomic mass is 10.3. The summed E-state index contributed by atoms with van der Waals surface area (Å²) in [5, 5.41) is 6.09. The van der Waals surface area contributed by atoms with Crippen molar-refractivity contribution in [2.75, 3.05) is 39.0 Å². The number of rotatable bonds is 8. The third kappa shape index (κ3) is 6.20. The highest BCUT2D eigenvalue weighted by molar-refractivity contribution is 5.92. The van der Waals surface area contributed by atoms with Crippen LogP contribution in [0, 0.1) is 0 Å². The number of anilines is 1. The van der Waals surface area contributed by atoms with Gasteiger partial charge in [-0.25, -0.2) is 4.98 Å². The number of nitrogens with zero attached hydrogens (tertiary/aromatic N) is 2. The molecule has 0 bridgehead atoms. The number of amides is 1. The lowest BCUT2D eigenvalue weighted by Gasteiger charge is -2.10. The van der Waals surface area contributed by atoms with Crippen molar-refractivity contribution >= 4 is 11.6 Å². The summed E-state index contributed by atoms with van der Waals surface area (Å²) in [6.45, 7) is 4.67. The number of carbonyl (C=O) groups excluding carboxylic acids is 1. The van der Waals surface area contributed by atoms with Gasteiger partial charge in [0.15, 0.2) is 0 Å². The average Bonchev–Trinajstić information content (AvgIpc) is 2.41. The van der Waals surface area contributed by atoms with Crippen LogP contribution in [-0.4, -0.2) is 49.5 Å². The van der Waals surface area contributed by atoms with Crippen LogP contribution < -0.4 is 10.6 Å². The van der Waals surface area contributed by atoms with Gasteiger partial charge in [0, 0.05) is 13.1 Å². The monoisotopic (exact) mass is 264 g/mol. The predicted octanol–water partition coefficient (Wildman–Crippen LogP) is 1.58. The van der Waals surface area contributed by atoms with Crippen LogP contribution >= 0.6 is 0 Å². The minimum absolute atomic E-state index is 0.110. The summed E-state index contributed by atoms with van der Waals surface area (Å²) in [5.74, 6) is -0.110. The summed E-state index contributed by atoms with van der Waals surface area (Å²) < 4.78 is 0. The van der Waals surface area contributed by atoms with Crippen molar-refractivity contribution in [3.63, 3.8) is 0 Å². The Bertz CT molecular complexity index is 376. The molecule has 0 atom stereocenters. The van der Waals surface area contributed by atoms with Crippen LogP contribution in [0.1, 0.15) is 30.3 Å². The van der Waals surface area contributed by atoms with Crippen molar-refractivity contribution in [3.8, 4) is 0 Å². The van der Waals surface area contributed by atoms with E-state index in [2.05, 4.69) is 34.6 Å². The van der Waals surface area contributed by atoms with Crippen LogP contribution in [0.2, 0.25) is 0 Å². The Labute approximate surface area is 115 Å². The Morgan fingerprint density at radius 3 is 2.68 bits per heavy atom. The molecule has 0 saturated heterocycles. The minimum Gasteiger partial charge on any atom is -0.384 e. The van der Waals surface area contributed by atoms with Gasteiger partial charge in [-0.1, -0.05) is 6.92 Å². The fourth-order valence-electron chi connectivity index (χ4n) is 1.59. The van der Waals surface area contributed by atoms with Gasteiger partial charge in [-0.3, -0.25) is 4.79 Å². The van der Waals surface area contributed by atoms with Crippen LogP contribution in [0.5, 0.6) is 0 Å². The molecule has 2 N–H and O–H groups in total. The first-order chi connectivity index (χ1) is 9.13. The highest BCUT2D eigenvalue weighted by Crippen LogP contribution is 2.06. The van der Waals surface area contributed by atoms with E-state index in [4.69, 9.17) is 0 Å². The molecule has 0 aromatic carbocycles. The molecule has 0 radical (unpaired) electrons. The summed E-state index contributed by atoms with van der Waals surface area (Å²) in [4.78, 5) is 18.0. The van der Waals surface area contributed by atoms with E-state index in [0.29, 0.717) is 12.2 Å². The molecule has 0 aliphatic carbocycles. The highest BCUT2D eigenvalue weighted by atomic mass is 16.1. The number of nitrogens with one attached hydrogen (secondary N) is 2. The number of aromatic nitrogens is 1. The van der Waals surface area contributed by atoms with Crippen molar-refractivity contribution < 1.29 is 4.79 Å². The molecule has 1 amide bonds. The Morgan fingerprint density at radius 2 is 2.11 bits per heavy atom. The van der Waals surface area contributed by atoms with Crippen molar-refractivity contribution in [2.45, 2.75) is 19.8 Å². The summed E-state index contributed by atoms with van der Waals surface area (Å²) >= 11 is 0. The fraction of sp³-hybridized carbons (Fsp3) is 0.571. The molecule has 106 valence electrons. The molecule has 5 nitrogen and oxygen atoms in total. The predicted molar refractivity (Wildman–Crippen MR) is 78.5 cm³/mol. The maximum atomic E-state index is 11.7. The van der Waals surface area contributed by atoms with Crippen LogP contribution in [0.4, 0.5) is 5.69 Å². The summed E-state index contributed by atoms with van der Waals surface area (Å²) in [5.41, 5.74) is 1.41. The van der Waals surface area contributed by atoms with Gasteiger partial charge in [-0.15, -0.1) is 0 Å². The molecule has 1 aromatic rings. The standard InChI is InChI=1S/C14H24N4O/c1-4-8-16-14(19)13-7-6-12(11-17-13)15-9-5-10-18(2)3/h6-7,11,15H,4-5,8-10H2,1-3H3,(H,16,19). The second-order valence-corrected chi connectivity index (χ2v) is 4.77. The molecule has 0 aliphatic heterocycles. The van der Waals surface area contributed by atoms with Crippen LogP contribution in [0.15, 0.2) is 18.3 Å². The maximum Gasteiger partial charge on any atom is 0.269 e. The molecular formula is C14H24N4O. The maximum absolute atomic E-state index is 11.7. The Kier molecular flexibility index (Phi) is 6.89. The number of carbonyl (C=O) groups is 1. The highest BCUT2D eigenvalue weighted by Gasteiger charge is 2.05. The van der Waals surface area contributed by atoms with Crippen LogP contribution in [0.3, 0.4) is 0 Å². The zero-order valence-electron chi connectivity index (χ0n) is 12.1. The lowest BCUT2D eigenvalue weighted by molar-refractivity contribution is 0.0949. The first-order valence-electron chi connectivity index (χ1n) is 6.76. The molecule has 5 heteroatoms. The van der Waals surface area contributed by atoms with E-state index in [1.807, 2.05) is 13.0 Å². The molecule has 0 saturated carbocycles. The number of pyridine rings is 1. The molecule has 1 rings (SSSR count). The third-order valence-corrected chi connectivity index (χ3v) is 2.64. The zero-order chi connectivity index (χ0) is 14.1. The molecular weight excluding hydrogens is 240 g/mol. The first-order valence-corrected chi connectivity index (χ1v) is 6.76. The van der Waals surface area contributed by atoms with Crippen LogP contribution in [0.25, 0.3) is 0 Å². The van der Waals surface area contributed by atoms with Gasteiger partial charge in [0.25, 0.3) is 5.91 Å². The van der Waals surface area contributed by atoms with Gasteiger partial charge in [0.2, 0.25) is 0 Å². The van der Waals surface area contributed by atoms with Gasteiger partial charge < -0.3 is 15.5 Å². The second kappa shape index (κ2) is 8.48. The van der Waals surface area contributed by atoms with E-state index in [1.165, 1.54) is 0 Å². The van der Waals surface area contributed by atoms with Gasteiger partial charge in [-0.05, 0) is 45.6 Å². The smallest absolute Gasteiger partial charge is 0.269 e. The van der Waals surface area contributed by atoms with Crippen LogP contribution in [-0.2, 0) is 0 Å². The van der Waals surface area contributed by atoms with E-state index in [0.717, 1.165) is 31.6 Å². The Balaban J connectivity index is 2.36. The molecule has 0 aliphatic rings. The third-order valence-electron chi connectivity index (χ3n) is 2.64. The number of hydrogen-bond acceptors (Lipinski definition) is 4. The van der Waals surface area contributed by atoms with Gasteiger partial charge in [0.05, 0.1) is 11.9 Å². The van der Waals surface area contributed by atoms with Gasteiger partial charge >= 0.3 is 0 Å². The zero-order valence-corrected chi connectivity index (χ0v) is 12.1. The molecule has 1 aromatic heterocycles. The Morgan fingerprint density at radius 1 is 1.32 bits per heavy atom. The van der Waals surface area contributed by atoms with Crippen molar-refractivity contribution in [1.29, 1.82) is 0 Å². The molecule has 0 unspecified atom stereocenters. The molecule has 1 heterocycles. The van der Waals surface area contributed by atoms with Crippen molar-refractivity contribution in [1.82, 2.24) is 15.2 Å².